The third-order valence-electron chi connectivity index (χ3n) is 16.1. The fourth-order valence-corrected chi connectivity index (χ4v) is 12.1. The van der Waals surface area contributed by atoms with Gasteiger partial charge in [0.2, 0.25) is 0 Å². The first-order valence-corrected chi connectivity index (χ1v) is 26.7. The van der Waals surface area contributed by atoms with Gasteiger partial charge >= 0.3 is 0 Å². The molecule has 0 aliphatic rings. The third kappa shape index (κ3) is 7.64. The summed E-state index contributed by atoms with van der Waals surface area (Å²) < 4.78 is 8.74. The quantitative estimate of drug-likeness (QED) is 0.118. The van der Waals surface area contributed by atoms with Crippen LogP contribution in [0.2, 0.25) is 0 Å². The van der Waals surface area contributed by atoms with E-state index < -0.39 is 0 Å². The molecule has 0 bridgehead atoms. The van der Waals surface area contributed by atoms with Crippen molar-refractivity contribution >= 4 is 98.0 Å². The monoisotopic (exact) mass is 1180 g/mol. The summed E-state index contributed by atoms with van der Waals surface area (Å²) in [5, 5.41) is 21.4. The second-order valence-corrected chi connectivity index (χ2v) is 20.5. The van der Waals surface area contributed by atoms with Crippen molar-refractivity contribution < 1.29 is 20.1 Å². The molecule has 0 N–H and O–H groups in total. The predicted octanol–water partition coefficient (Wildman–Crippen LogP) is 18.0. The molecular weight excluding hydrogens is 1130 g/mol. The first-order valence-electron chi connectivity index (χ1n) is 26.7. The van der Waals surface area contributed by atoms with Crippen LogP contribution in [0.5, 0.6) is 0 Å². The summed E-state index contributed by atoms with van der Waals surface area (Å²) in [5.74, 6) is 0.699. The molecule has 10 aromatic carbocycles. The Hall–Kier alpha value is -9.13. The van der Waals surface area contributed by atoms with Crippen LogP contribution in [0.4, 0.5) is 0 Å². The van der Waals surface area contributed by atoms with Gasteiger partial charge in [0.1, 0.15) is 0 Å². The Morgan fingerprint density at radius 1 is 0.372 bits per heavy atom. The number of pyridine rings is 2. The second kappa shape index (κ2) is 19.2. The standard InChI is InChI=1S/C38H30N3.C33H20N3.Ir/c1-3-25(2)22-26-12-16-29(17-13-26)40-35-10-6-4-9-31(35)34-24-28(15-19-36(34)40)27-14-18-32-33(23-27)30-8-5-7-11-37(30)41-38(32)20-21-39-41;1-2-8-24(9-3-1)35-30-12-6-4-11-26(30)29-21-23(15-17-31(29)35)22-14-16-27-28(20-22)25-10-5-7-13-32(25)36-33(27)18-19-34-36;/h4-10,12-21,23-25H,3,22H2,1-2H3;1-12,14-21H;/q2*-1;. The maximum atomic E-state index is 4.57. The molecule has 6 nitrogen and oxygen atoms in total. The smallest absolute Gasteiger partial charge is 0.0711 e. The van der Waals surface area contributed by atoms with Gasteiger partial charge in [-0.3, -0.25) is 9.03 Å². The molecule has 7 heteroatoms. The minimum Gasteiger partial charge on any atom is -0.309 e. The Labute approximate surface area is 464 Å². The molecule has 0 aliphatic heterocycles. The summed E-state index contributed by atoms with van der Waals surface area (Å²) in [6.07, 6.45) is 6.06. The molecule has 0 spiro atoms. The van der Waals surface area contributed by atoms with Crippen LogP contribution in [-0.2, 0) is 26.5 Å². The largest absolute Gasteiger partial charge is 0.309 e. The van der Waals surface area contributed by atoms with Crippen LogP contribution in [-0.4, -0.2) is 28.4 Å². The maximum absolute atomic E-state index is 4.57. The zero-order valence-electron chi connectivity index (χ0n) is 43.0. The van der Waals surface area contributed by atoms with Crippen LogP contribution in [0.3, 0.4) is 0 Å². The van der Waals surface area contributed by atoms with Gasteiger partial charge in [-0.15, -0.1) is 10.8 Å². The summed E-state index contributed by atoms with van der Waals surface area (Å²) >= 11 is 0. The molecule has 0 fully saturated rings. The van der Waals surface area contributed by atoms with Crippen LogP contribution >= 0.6 is 0 Å². The first kappa shape index (κ1) is 47.3. The number of hydrogen-bond acceptors (Lipinski definition) is 2. The molecule has 1 atom stereocenters. The van der Waals surface area contributed by atoms with Crippen molar-refractivity contribution in [3.05, 3.63) is 255 Å². The van der Waals surface area contributed by atoms with E-state index in [0.717, 1.165) is 39.3 Å². The fraction of sp³-hybridized carbons (Fsp3) is 0.0704. The first-order chi connectivity index (χ1) is 38.1. The number of aromatic nitrogens is 6. The average Bonchev–Trinajstić information content (AvgIpc) is 4.46. The molecule has 78 heavy (non-hydrogen) atoms. The molecule has 0 saturated carbocycles. The van der Waals surface area contributed by atoms with Crippen LogP contribution in [0.1, 0.15) is 25.8 Å². The van der Waals surface area contributed by atoms with Crippen molar-refractivity contribution in [1.29, 1.82) is 0 Å². The number of fused-ring (bicyclic) bond motifs is 18. The van der Waals surface area contributed by atoms with E-state index in [9.17, 15) is 0 Å². The minimum atomic E-state index is 0. The number of benzene rings is 10. The molecule has 6 aromatic heterocycles. The van der Waals surface area contributed by atoms with Crippen molar-refractivity contribution in [3.8, 4) is 33.6 Å². The zero-order chi connectivity index (χ0) is 51.1. The average molecular weight is 1180 g/mol. The summed E-state index contributed by atoms with van der Waals surface area (Å²) in [6.45, 7) is 4.59. The van der Waals surface area contributed by atoms with Gasteiger partial charge in [-0.1, -0.05) is 146 Å². The van der Waals surface area contributed by atoms with E-state index in [4.69, 9.17) is 0 Å². The normalized spacial score (nSPS) is 12.2. The van der Waals surface area contributed by atoms with E-state index in [0.29, 0.717) is 5.92 Å². The van der Waals surface area contributed by atoms with Gasteiger partial charge in [0.15, 0.2) is 0 Å². The third-order valence-corrected chi connectivity index (χ3v) is 16.1. The van der Waals surface area contributed by atoms with Crippen molar-refractivity contribution in [1.82, 2.24) is 28.4 Å². The van der Waals surface area contributed by atoms with E-state index in [-0.39, 0.29) is 20.1 Å². The fourth-order valence-electron chi connectivity index (χ4n) is 12.1. The van der Waals surface area contributed by atoms with E-state index in [1.54, 1.807) is 0 Å². The molecule has 1 unspecified atom stereocenters. The summed E-state index contributed by atoms with van der Waals surface area (Å²) in [6, 6.07) is 87.8. The zero-order valence-corrected chi connectivity index (χ0v) is 45.4. The molecule has 0 saturated heterocycles. The van der Waals surface area contributed by atoms with E-state index >= 15 is 0 Å². The molecule has 16 aromatic rings. The summed E-state index contributed by atoms with van der Waals surface area (Å²) in [7, 11) is 0. The Kier molecular flexibility index (Phi) is 11.6. The van der Waals surface area contributed by atoms with Crippen LogP contribution in [0, 0.1) is 18.1 Å². The molecule has 0 amide bonds. The summed E-state index contributed by atoms with van der Waals surface area (Å²) in [4.78, 5) is 0. The van der Waals surface area contributed by atoms with Crippen LogP contribution < -0.4 is 0 Å². The minimum absolute atomic E-state index is 0. The Balaban J connectivity index is 0.000000141. The topological polar surface area (TPSA) is 44.5 Å². The molecule has 1 radical (unpaired) electrons. The summed E-state index contributed by atoms with van der Waals surface area (Å²) in [5.41, 5.74) is 17.7. The van der Waals surface area contributed by atoms with E-state index in [1.807, 2.05) is 39.6 Å². The number of rotatable bonds is 7. The Bertz CT molecular complexity index is 4960. The van der Waals surface area contributed by atoms with Gasteiger partial charge in [0.25, 0.3) is 0 Å². The number of para-hydroxylation sites is 5. The Morgan fingerprint density at radius 3 is 1.28 bits per heavy atom. The molecule has 6 heterocycles. The van der Waals surface area contributed by atoms with E-state index in [2.05, 4.69) is 252 Å². The maximum Gasteiger partial charge on any atom is 0.0711 e. The Morgan fingerprint density at radius 2 is 0.782 bits per heavy atom. The predicted molar refractivity (Wildman–Crippen MR) is 321 cm³/mol. The van der Waals surface area contributed by atoms with E-state index in [1.165, 1.54) is 111 Å². The SMILES string of the molecule is CCC(C)Cc1ccc(-n2c3ccccc3c3cc(-c4ccc5c(c4)c4ccc[c-]c4n4nccc54)ccc32)cc1.[Ir].[c-]1cccc2c3cc(-c4ccc5c(c4)c4ccccc4n5-c4ccccc4)ccc3c3ccnn3c12. The molecule has 16 rings (SSSR count). The van der Waals surface area contributed by atoms with Crippen molar-refractivity contribution in [3.63, 3.8) is 0 Å². The molecule has 375 valence electrons. The van der Waals surface area contributed by atoms with Crippen molar-refractivity contribution in [2.75, 3.05) is 0 Å². The number of nitrogens with zero attached hydrogens (tertiary/aromatic N) is 6. The van der Waals surface area contributed by atoms with Crippen LogP contribution in [0.25, 0.3) is 132 Å². The second-order valence-electron chi connectivity index (χ2n) is 20.5. The van der Waals surface area contributed by atoms with Crippen molar-refractivity contribution in [2.24, 2.45) is 5.92 Å². The van der Waals surface area contributed by atoms with Gasteiger partial charge < -0.3 is 9.13 Å². The molecule has 0 aliphatic carbocycles. The number of hydrogen-bond donors (Lipinski definition) is 0. The van der Waals surface area contributed by atoms with Gasteiger partial charge in [-0.25, -0.2) is 0 Å². The molecular formula is C71H50IrN6-2. The van der Waals surface area contributed by atoms with Gasteiger partial charge in [-0.2, -0.15) is 58.7 Å². The van der Waals surface area contributed by atoms with Gasteiger partial charge in [0, 0.05) is 65.4 Å². The van der Waals surface area contributed by atoms with Crippen molar-refractivity contribution in [2.45, 2.75) is 26.7 Å². The van der Waals surface area contributed by atoms with Gasteiger partial charge in [-0.05, 0) is 135 Å². The van der Waals surface area contributed by atoms with Gasteiger partial charge in [0.05, 0.1) is 33.1 Å². The van der Waals surface area contributed by atoms with Crippen LogP contribution in [0.15, 0.2) is 237 Å².